The zero-order chi connectivity index (χ0) is 67.5. The van der Waals surface area contributed by atoms with E-state index in [9.17, 15) is 43.2 Å². The third-order valence-electron chi connectivity index (χ3n) is 14.8. The van der Waals surface area contributed by atoms with Crippen LogP contribution < -0.4 is 0 Å². The first-order chi connectivity index (χ1) is 44.7. The number of aliphatic hydroxyl groups is 1. The van der Waals surface area contributed by atoms with Crippen molar-refractivity contribution in [3.05, 3.63) is 85.1 Å². The maximum absolute atomic E-state index is 13.0. The predicted octanol–water partition coefficient (Wildman–Crippen LogP) is 19.9. The maximum Gasteiger partial charge on any atom is 0.472 e. The molecule has 92 heavy (non-hydrogen) atoms. The molecule has 0 fully saturated rings. The smallest absolute Gasteiger partial charge is 0.462 e. The Labute approximate surface area is 557 Å². The quantitative estimate of drug-likeness (QED) is 0.0169. The first-order valence-electron chi connectivity index (χ1n) is 35.8. The van der Waals surface area contributed by atoms with Crippen LogP contribution in [0.15, 0.2) is 85.1 Å². The van der Waals surface area contributed by atoms with Crippen LogP contribution in [0.1, 0.15) is 297 Å². The summed E-state index contributed by atoms with van der Waals surface area (Å²) in [6.45, 7) is 4.60. The number of carbonyl (C=O) groups excluding carboxylic acids is 4. The zero-order valence-electron chi connectivity index (χ0n) is 57.7. The molecular formula is C73H128O17P2. The number of hydrogen-bond acceptors (Lipinski definition) is 15. The molecule has 0 bridgehead atoms. The van der Waals surface area contributed by atoms with E-state index in [-0.39, 0.29) is 25.7 Å². The van der Waals surface area contributed by atoms with Crippen molar-refractivity contribution >= 4 is 39.5 Å². The summed E-state index contributed by atoms with van der Waals surface area (Å²) in [5.74, 6) is -2.22. The number of phosphoric acid groups is 2. The number of rotatable bonds is 67. The lowest BCUT2D eigenvalue weighted by molar-refractivity contribution is -0.161. The van der Waals surface area contributed by atoms with Crippen LogP contribution in [0.25, 0.3) is 0 Å². The Kier molecular flexibility index (Phi) is 63.2. The van der Waals surface area contributed by atoms with Crippen LogP contribution in [0.2, 0.25) is 0 Å². The van der Waals surface area contributed by atoms with Gasteiger partial charge in [0.15, 0.2) is 12.2 Å². The number of phosphoric ester groups is 2. The molecule has 5 atom stereocenters. The molecule has 0 aliphatic heterocycles. The second kappa shape index (κ2) is 65.9. The van der Waals surface area contributed by atoms with Crippen molar-refractivity contribution in [1.29, 1.82) is 0 Å². The molecule has 0 heterocycles. The van der Waals surface area contributed by atoms with E-state index in [1.807, 2.05) is 0 Å². The molecule has 0 rings (SSSR count). The fraction of sp³-hybridized carbons (Fsp3) is 0.753. The van der Waals surface area contributed by atoms with Gasteiger partial charge < -0.3 is 33.8 Å². The lowest BCUT2D eigenvalue weighted by atomic mass is 10.1. The molecule has 0 aromatic carbocycles. The second-order valence-electron chi connectivity index (χ2n) is 23.8. The summed E-state index contributed by atoms with van der Waals surface area (Å²) in [7, 11) is -9.94. The number of carbonyl (C=O) groups is 4. The van der Waals surface area contributed by atoms with Crippen molar-refractivity contribution in [3.63, 3.8) is 0 Å². The highest BCUT2D eigenvalue weighted by atomic mass is 31.2. The Balaban J connectivity index is 5.32. The molecule has 532 valence electrons. The van der Waals surface area contributed by atoms with E-state index in [1.54, 1.807) is 0 Å². The number of esters is 4. The summed E-state index contributed by atoms with van der Waals surface area (Å²) >= 11 is 0. The number of hydrogen-bond donors (Lipinski definition) is 3. The minimum absolute atomic E-state index is 0.0809. The van der Waals surface area contributed by atoms with Crippen molar-refractivity contribution in [2.24, 2.45) is 0 Å². The Bertz CT molecular complexity index is 2090. The van der Waals surface area contributed by atoms with Crippen molar-refractivity contribution in [3.8, 4) is 0 Å². The van der Waals surface area contributed by atoms with Crippen molar-refractivity contribution in [1.82, 2.24) is 0 Å². The van der Waals surface area contributed by atoms with Crippen LogP contribution in [0.5, 0.6) is 0 Å². The topological polar surface area (TPSA) is 237 Å². The van der Waals surface area contributed by atoms with E-state index in [0.717, 1.165) is 173 Å². The van der Waals surface area contributed by atoms with Gasteiger partial charge in [0.05, 0.1) is 26.4 Å². The number of aliphatic hydroxyl groups excluding tert-OH is 1. The largest absolute Gasteiger partial charge is 0.472 e. The minimum atomic E-state index is -4.97. The summed E-state index contributed by atoms with van der Waals surface area (Å²) in [4.78, 5) is 72.5. The maximum atomic E-state index is 13.0. The van der Waals surface area contributed by atoms with E-state index < -0.39 is 97.5 Å². The average Bonchev–Trinajstić information content (AvgIpc) is 2.55. The van der Waals surface area contributed by atoms with Crippen LogP contribution in [-0.2, 0) is 65.4 Å². The van der Waals surface area contributed by atoms with E-state index >= 15 is 0 Å². The van der Waals surface area contributed by atoms with Crippen LogP contribution >= 0.6 is 15.6 Å². The molecule has 17 nitrogen and oxygen atoms in total. The molecule has 0 spiro atoms. The average molecular weight is 1340 g/mol. The molecule has 5 unspecified atom stereocenters. The molecule has 0 radical (unpaired) electrons. The Morgan fingerprint density at radius 3 is 0.913 bits per heavy atom. The summed E-state index contributed by atoms with van der Waals surface area (Å²) < 4.78 is 68.2. The molecular weight excluding hydrogens is 1210 g/mol. The van der Waals surface area contributed by atoms with E-state index in [1.165, 1.54) is 44.9 Å². The summed E-state index contributed by atoms with van der Waals surface area (Å²) in [6, 6.07) is 0. The normalized spacial score (nSPS) is 14.6. The lowest BCUT2D eigenvalue weighted by Crippen LogP contribution is -2.30. The van der Waals surface area contributed by atoms with Gasteiger partial charge in [0.2, 0.25) is 0 Å². The van der Waals surface area contributed by atoms with Crippen molar-refractivity contribution in [2.75, 3.05) is 39.6 Å². The molecule has 0 aromatic heterocycles. The van der Waals surface area contributed by atoms with Gasteiger partial charge in [-0.1, -0.05) is 228 Å². The van der Waals surface area contributed by atoms with Gasteiger partial charge in [-0.15, -0.1) is 0 Å². The minimum Gasteiger partial charge on any atom is -0.462 e. The van der Waals surface area contributed by atoms with Gasteiger partial charge in [-0.3, -0.25) is 37.3 Å². The summed E-state index contributed by atoms with van der Waals surface area (Å²) in [5.41, 5.74) is 0. The lowest BCUT2D eigenvalue weighted by Gasteiger charge is -2.21. The molecule has 0 amide bonds. The summed E-state index contributed by atoms with van der Waals surface area (Å²) in [6.07, 6.45) is 64.5. The van der Waals surface area contributed by atoms with Gasteiger partial charge in [-0.25, -0.2) is 9.13 Å². The highest BCUT2D eigenvalue weighted by Gasteiger charge is 2.30. The monoisotopic (exact) mass is 1340 g/mol. The van der Waals surface area contributed by atoms with E-state index in [0.29, 0.717) is 25.7 Å². The Hall–Kier alpha value is -3.76. The number of unbranched alkanes of at least 4 members (excludes halogenated alkanes) is 27. The molecule has 0 aliphatic rings. The van der Waals surface area contributed by atoms with E-state index in [4.69, 9.17) is 37.0 Å². The van der Waals surface area contributed by atoms with Gasteiger partial charge >= 0.3 is 39.5 Å². The van der Waals surface area contributed by atoms with Gasteiger partial charge in [-0.05, 0) is 128 Å². The van der Waals surface area contributed by atoms with Crippen molar-refractivity contribution in [2.45, 2.75) is 316 Å². The standard InChI is InChI=1S/C73H128O17P2/c1-5-9-13-17-21-25-29-31-33-35-39-41-45-49-53-57-70(75)83-63-68(89-72(77)59-55-51-47-43-37-27-23-19-15-11-7-3)65-87-91(79,80)85-61-67(74)62-86-92(81,82)88-66-69(90-73(78)60-56-52-48-44-38-28-24-20-16-12-8-4)64-84-71(76)58-54-50-46-42-40-36-34-32-30-26-22-18-14-10-6-2/h9,13,19-26,31-34,67-69,74H,5-8,10-12,14-18,27-30,35-66H2,1-4H3,(H,79,80)(H,81,82)/b13-9-,23-19-,24-20-,25-21-,26-22-,33-31-,34-32-. The number of ether oxygens (including phenoxy) is 4. The zero-order valence-corrected chi connectivity index (χ0v) is 59.5. The molecule has 3 N–H and O–H groups in total. The predicted molar refractivity (Wildman–Crippen MR) is 372 cm³/mol. The fourth-order valence-corrected chi connectivity index (χ4v) is 10.9. The Morgan fingerprint density at radius 1 is 0.315 bits per heavy atom. The SMILES string of the molecule is CC/C=C\C/C=C\C/C=C\CCCCCCCC(=O)OCC(COP(=O)(O)OCC(O)COP(=O)(O)OCC(COC(=O)CCCCCCC/C=C\C/C=C\CCCCC)OC(=O)CCCCCCC/C=C\CCCC)OC(=O)CCCCCCC/C=C\CCCC. The van der Waals surface area contributed by atoms with Gasteiger partial charge in [-0.2, -0.15) is 0 Å². The first-order valence-corrected chi connectivity index (χ1v) is 38.8. The van der Waals surface area contributed by atoms with Crippen LogP contribution in [0.3, 0.4) is 0 Å². The molecule has 0 aromatic rings. The van der Waals surface area contributed by atoms with Gasteiger partial charge in [0, 0.05) is 25.7 Å². The third-order valence-corrected chi connectivity index (χ3v) is 16.7. The van der Waals surface area contributed by atoms with Crippen molar-refractivity contribution < 1.29 is 80.2 Å². The summed E-state index contributed by atoms with van der Waals surface area (Å²) in [5, 5.41) is 10.6. The van der Waals surface area contributed by atoms with E-state index in [2.05, 4.69) is 113 Å². The van der Waals surface area contributed by atoms with Crippen LogP contribution in [0, 0.1) is 0 Å². The highest BCUT2D eigenvalue weighted by Crippen LogP contribution is 2.45. The van der Waals surface area contributed by atoms with Gasteiger partial charge in [0.25, 0.3) is 0 Å². The molecule has 0 saturated carbocycles. The first kappa shape index (κ1) is 88.2. The fourth-order valence-electron chi connectivity index (χ4n) is 9.28. The Morgan fingerprint density at radius 2 is 0.576 bits per heavy atom. The van der Waals surface area contributed by atoms with Crippen LogP contribution in [0.4, 0.5) is 0 Å². The third kappa shape index (κ3) is 64.9. The molecule has 0 saturated heterocycles. The number of allylic oxidation sites excluding steroid dienone is 14. The van der Waals surface area contributed by atoms with Gasteiger partial charge in [0.1, 0.15) is 19.3 Å². The highest BCUT2D eigenvalue weighted by molar-refractivity contribution is 7.47. The molecule has 19 heteroatoms. The molecule has 0 aliphatic carbocycles. The second-order valence-corrected chi connectivity index (χ2v) is 26.7. The van der Waals surface area contributed by atoms with Crippen LogP contribution in [-0.4, -0.2) is 96.7 Å².